The van der Waals surface area contributed by atoms with Gasteiger partial charge in [-0.1, -0.05) is 6.07 Å². The number of rotatable bonds is 5. The second-order valence-corrected chi connectivity index (χ2v) is 7.55. The molecule has 3 aromatic heterocycles. The number of nitrogens with zero attached hydrogens (tertiary/aromatic N) is 5. The van der Waals surface area contributed by atoms with Gasteiger partial charge < -0.3 is 15.6 Å². The molecule has 0 radical (unpaired) electrons. The second kappa shape index (κ2) is 9.75. The van der Waals surface area contributed by atoms with Gasteiger partial charge in [-0.2, -0.15) is 5.26 Å². The highest BCUT2D eigenvalue weighted by molar-refractivity contribution is 5.85. The molecular weight excluding hydrogens is 424 g/mol. The largest absolute Gasteiger partial charge is 0.324 e. The number of imidazole rings is 1. The molecule has 0 atom stereocenters. The molecule has 162 valence electrons. The third kappa shape index (κ3) is 4.70. The average Bonchev–Trinajstić information content (AvgIpc) is 3.21. The van der Waals surface area contributed by atoms with Gasteiger partial charge >= 0.3 is 0 Å². The lowest BCUT2D eigenvalue weighted by molar-refractivity contribution is 0.233. The fourth-order valence-corrected chi connectivity index (χ4v) is 3.86. The van der Waals surface area contributed by atoms with E-state index in [2.05, 4.69) is 53.7 Å². The molecule has 1 fully saturated rings. The van der Waals surface area contributed by atoms with Gasteiger partial charge in [0.1, 0.15) is 11.9 Å². The predicted octanol–water partition coefficient (Wildman–Crippen LogP) is 3.46. The highest BCUT2D eigenvalue weighted by Crippen LogP contribution is 2.27. The van der Waals surface area contributed by atoms with Gasteiger partial charge in [0.05, 0.1) is 16.6 Å². The van der Waals surface area contributed by atoms with E-state index in [4.69, 9.17) is 0 Å². The lowest BCUT2D eigenvalue weighted by Gasteiger charge is -2.27. The molecule has 0 unspecified atom stereocenters. The molecule has 0 bridgehead atoms. The fourth-order valence-electron chi connectivity index (χ4n) is 3.86. The molecule has 0 spiro atoms. The number of anilines is 2. The van der Waals surface area contributed by atoms with Crippen molar-refractivity contribution in [3.8, 4) is 17.2 Å². The SMILES string of the molecule is Cl.N#Cc1cnccc1-c1ccc2nc(Nc3cc(CN4CCNCC4)ccn3)[nH]c2c1. The number of nitrogens with one attached hydrogen (secondary N) is 3. The number of aromatic nitrogens is 4. The second-order valence-electron chi connectivity index (χ2n) is 7.55. The van der Waals surface area contributed by atoms with Gasteiger partial charge in [-0.3, -0.25) is 9.88 Å². The van der Waals surface area contributed by atoms with Crippen LogP contribution < -0.4 is 10.6 Å². The fraction of sp³-hybridized carbons (Fsp3) is 0.217. The van der Waals surface area contributed by atoms with Crippen molar-refractivity contribution < 1.29 is 0 Å². The summed E-state index contributed by atoms with van der Waals surface area (Å²) in [6.45, 7) is 5.10. The molecular formula is C23H23ClN8. The van der Waals surface area contributed by atoms with E-state index in [0.717, 1.165) is 60.7 Å². The standard InChI is InChI=1S/C23H22N8.ClH/c24-13-18-14-26-5-4-19(18)17-1-2-20-21(12-17)29-23(28-20)30-22-11-16(3-6-27-22)15-31-9-7-25-8-10-31;/h1-6,11-12,14,25H,7-10,15H2,(H2,27,28,29,30);1H. The van der Waals surface area contributed by atoms with Crippen LogP contribution in [0.5, 0.6) is 0 Å². The van der Waals surface area contributed by atoms with E-state index >= 15 is 0 Å². The Kier molecular flexibility index (Phi) is 6.61. The van der Waals surface area contributed by atoms with E-state index in [9.17, 15) is 5.26 Å². The highest BCUT2D eigenvalue weighted by atomic mass is 35.5. The smallest absolute Gasteiger partial charge is 0.206 e. The minimum atomic E-state index is 0. The number of hydrogen-bond acceptors (Lipinski definition) is 7. The van der Waals surface area contributed by atoms with Gasteiger partial charge in [-0.15, -0.1) is 12.4 Å². The van der Waals surface area contributed by atoms with Gasteiger partial charge in [0.2, 0.25) is 5.95 Å². The third-order valence-electron chi connectivity index (χ3n) is 5.42. The Morgan fingerprint density at radius 3 is 2.81 bits per heavy atom. The predicted molar refractivity (Wildman–Crippen MR) is 127 cm³/mol. The van der Waals surface area contributed by atoms with Crippen LogP contribution in [0.2, 0.25) is 0 Å². The normalized spacial score (nSPS) is 14.0. The van der Waals surface area contributed by atoms with Crippen molar-refractivity contribution in [3.05, 3.63) is 66.1 Å². The number of piperazine rings is 1. The van der Waals surface area contributed by atoms with Crippen molar-refractivity contribution in [3.63, 3.8) is 0 Å². The number of hydrogen-bond donors (Lipinski definition) is 3. The van der Waals surface area contributed by atoms with Gasteiger partial charge in [0.25, 0.3) is 0 Å². The van der Waals surface area contributed by atoms with Crippen LogP contribution in [0.15, 0.2) is 55.0 Å². The summed E-state index contributed by atoms with van der Waals surface area (Å²) in [6.07, 6.45) is 5.10. The maximum absolute atomic E-state index is 9.35. The monoisotopic (exact) mass is 446 g/mol. The van der Waals surface area contributed by atoms with Crippen LogP contribution in [0.25, 0.3) is 22.2 Å². The summed E-state index contributed by atoms with van der Waals surface area (Å²) in [5, 5.41) is 16.0. The summed E-state index contributed by atoms with van der Waals surface area (Å²) in [4.78, 5) is 18.9. The van der Waals surface area contributed by atoms with E-state index in [0.29, 0.717) is 11.5 Å². The van der Waals surface area contributed by atoms with Crippen LogP contribution in [0.3, 0.4) is 0 Å². The van der Waals surface area contributed by atoms with Crippen LogP contribution in [-0.4, -0.2) is 51.0 Å². The summed E-state index contributed by atoms with van der Waals surface area (Å²) < 4.78 is 0. The lowest BCUT2D eigenvalue weighted by Crippen LogP contribution is -2.42. The van der Waals surface area contributed by atoms with Crippen molar-refractivity contribution in [1.82, 2.24) is 30.2 Å². The van der Waals surface area contributed by atoms with Crippen molar-refractivity contribution in [2.24, 2.45) is 0 Å². The van der Waals surface area contributed by atoms with Crippen LogP contribution >= 0.6 is 12.4 Å². The molecule has 0 aliphatic carbocycles. The van der Waals surface area contributed by atoms with Crippen molar-refractivity contribution >= 4 is 35.2 Å². The van der Waals surface area contributed by atoms with Crippen LogP contribution in [0.1, 0.15) is 11.1 Å². The van der Waals surface area contributed by atoms with Crippen LogP contribution in [-0.2, 0) is 6.54 Å². The lowest BCUT2D eigenvalue weighted by atomic mass is 10.0. The summed E-state index contributed by atoms with van der Waals surface area (Å²) in [5.74, 6) is 1.39. The van der Waals surface area contributed by atoms with Crippen molar-refractivity contribution in [1.29, 1.82) is 5.26 Å². The van der Waals surface area contributed by atoms with Crippen LogP contribution in [0, 0.1) is 11.3 Å². The Morgan fingerprint density at radius 2 is 1.97 bits per heavy atom. The first kappa shape index (κ1) is 21.7. The zero-order valence-electron chi connectivity index (χ0n) is 17.4. The molecule has 3 N–H and O–H groups in total. The van der Waals surface area contributed by atoms with E-state index in [1.807, 2.05) is 30.5 Å². The molecule has 1 aliphatic rings. The molecule has 1 aromatic carbocycles. The summed E-state index contributed by atoms with van der Waals surface area (Å²) >= 11 is 0. The number of pyridine rings is 2. The zero-order chi connectivity index (χ0) is 21.0. The number of aromatic amines is 1. The van der Waals surface area contributed by atoms with Gasteiger partial charge in [-0.25, -0.2) is 9.97 Å². The molecule has 0 amide bonds. The van der Waals surface area contributed by atoms with E-state index in [1.165, 1.54) is 5.56 Å². The first-order chi connectivity index (χ1) is 15.3. The van der Waals surface area contributed by atoms with Crippen molar-refractivity contribution in [2.75, 3.05) is 31.5 Å². The van der Waals surface area contributed by atoms with E-state index in [1.54, 1.807) is 12.4 Å². The molecule has 9 heteroatoms. The summed E-state index contributed by atoms with van der Waals surface area (Å²) in [5.41, 5.74) is 5.29. The number of nitriles is 1. The number of halogens is 1. The molecule has 1 aliphatic heterocycles. The van der Waals surface area contributed by atoms with E-state index < -0.39 is 0 Å². The Hall–Kier alpha value is -3.51. The minimum Gasteiger partial charge on any atom is -0.324 e. The van der Waals surface area contributed by atoms with Gasteiger partial charge in [-0.05, 0) is 41.5 Å². The van der Waals surface area contributed by atoms with Crippen molar-refractivity contribution in [2.45, 2.75) is 6.54 Å². The summed E-state index contributed by atoms with van der Waals surface area (Å²) in [6, 6.07) is 14.1. The molecule has 5 rings (SSSR count). The first-order valence-electron chi connectivity index (χ1n) is 10.3. The zero-order valence-corrected chi connectivity index (χ0v) is 18.2. The van der Waals surface area contributed by atoms with E-state index in [-0.39, 0.29) is 12.4 Å². The molecule has 4 aromatic rings. The average molecular weight is 447 g/mol. The molecule has 0 saturated carbocycles. The van der Waals surface area contributed by atoms with Gasteiger partial charge in [0.15, 0.2) is 0 Å². The Balaban J connectivity index is 0.00000245. The Bertz CT molecular complexity index is 1260. The maximum Gasteiger partial charge on any atom is 0.206 e. The third-order valence-corrected chi connectivity index (χ3v) is 5.42. The highest BCUT2D eigenvalue weighted by Gasteiger charge is 2.12. The number of benzene rings is 1. The number of fused-ring (bicyclic) bond motifs is 1. The van der Waals surface area contributed by atoms with Gasteiger partial charge in [0, 0.05) is 56.9 Å². The van der Waals surface area contributed by atoms with Crippen LogP contribution in [0.4, 0.5) is 11.8 Å². The quantitative estimate of drug-likeness (QED) is 0.431. The summed E-state index contributed by atoms with van der Waals surface area (Å²) in [7, 11) is 0. The first-order valence-corrected chi connectivity index (χ1v) is 10.3. The maximum atomic E-state index is 9.35. The topological polar surface area (TPSA) is 106 Å². The Morgan fingerprint density at radius 1 is 1.09 bits per heavy atom. The molecule has 32 heavy (non-hydrogen) atoms. The number of H-pyrrole nitrogens is 1. The molecule has 1 saturated heterocycles. The minimum absolute atomic E-state index is 0. The molecule has 8 nitrogen and oxygen atoms in total. The molecule has 4 heterocycles. The Labute approximate surface area is 192 Å².